The number of carbonyl (C=O) groups excluding carboxylic acids is 5. The second kappa shape index (κ2) is 10.8. The van der Waals surface area contributed by atoms with Gasteiger partial charge in [-0.2, -0.15) is 0 Å². The van der Waals surface area contributed by atoms with Gasteiger partial charge >= 0.3 is 0 Å². The van der Waals surface area contributed by atoms with Crippen LogP contribution in [0.5, 0.6) is 5.75 Å². The molecular weight excluding hydrogens is 532 g/mol. The average Bonchev–Trinajstić information content (AvgIpc) is 2.86. The number of hydrogen-bond acceptors (Lipinski definition) is 10. The number of aliphatic hydroxyl groups excluding tert-OH is 1. The molecule has 2 amide bonds. The molecule has 7 atom stereocenters. The van der Waals surface area contributed by atoms with Crippen LogP contribution in [0.25, 0.3) is 0 Å². The van der Waals surface area contributed by atoms with Crippen LogP contribution in [0, 0.1) is 29.6 Å². The van der Waals surface area contributed by atoms with Gasteiger partial charge in [-0.1, -0.05) is 13.8 Å². The maximum Gasteiger partial charge on any atom is 0.230 e. The Balaban J connectivity index is 1.85. The average molecular weight is 573 g/mol. The number of nitrogens with zero attached hydrogens (tertiary/aromatic N) is 3. The summed E-state index contributed by atoms with van der Waals surface area (Å²) < 4.78 is 0. The number of aromatic hydroxyl groups is 1. The van der Waals surface area contributed by atoms with E-state index in [-0.39, 0.29) is 36.6 Å². The fourth-order valence-electron chi connectivity index (χ4n) is 7.28. The number of aliphatic hydroxyl groups is 2. The van der Waals surface area contributed by atoms with Crippen LogP contribution in [0.4, 0.5) is 5.69 Å². The standard InChI is InChI=1S/C29H40N4O8/c1-13(2)10-33(12-34)11-15-9-18(31(3)4)16-7-14-8-17-22(32(5)6)25(37)21(28(30)40)27(39)29(17,41)26(38)19(14)24(36)20(16)23(15)35/h9,12-14,17,19,21-22,25,35,37,41H,7-8,10-11H2,1-6H3,(H2,30,40)/t14-,17-,19?,21?,22?,25?,29-/m1/s1. The number of likely N-dealkylation sites (N-methyl/N-ethyl adjacent to an activating group) is 1. The highest BCUT2D eigenvalue weighted by atomic mass is 16.3. The van der Waals surface area contributed by atoms with Crippen molar-refractivity contribution in [2.75, 3.05) is 39.6 Å². The van der Waals surface area contributed by atoms with E-state index in [0.717, 1.165) is 0 Å². The summed E-state index contributed by atoms with van der Waals surface area (Å²) in [7, 11) is 6.77. The number of rotatable bonds is 8. The van der Waals surface area contributed by atoms with Gasteiger partial charge in [-0.15, -0.1) is 0 Å². The van der Waals surface area contributed by atoms with E-state index in [1.165, 1.54) is 4.90 Å². The number of amides is 2. The normalized spacial score (nSPS) is 31.0. The van der Waals surface area contributed by atoms with E-state index in [1.54, 1.807) is 44.1 Å². The van der Waals surface area contributed by atoms with Crippen LogP contribution < -0.4 is 10.6 Å². The lowest BCUT2D eigenvalue weighted by atomic mass is 9.52. The minimum absolute atomic E-state index is 0.0319. The summed E-state index contributed by atoms with van der Waals surface area (Å²) in [5, 5.41) is 34.1. The van der Waals surface area contributed by atoms with Crippen LogP contribution in [0.1, 0.15) is 41.8 Å². The van der Waals surface area contributed by atoms with Gasteiger partial charge in [0.05, 0.1) is 17.6 Å². The van der Waals surface area contributed by atoms with Gasteiger partial charge < -0.3 is 35.8 Å². The van der Waals surface area contributed by atoms with Gasteiger partial charge in [0.15, 0.2) is 23.0 Å². The first-order chi connectivity index (χ1) is 19.1. The van der Waals surface area contributed by atoms with E-state index in [4.69, 9.17) is 5.73 Å². The van der Waals surface area contributed by atoms with Gasteiger partial charge in [0.25, 0.3) is 0 Å². The van der Waals surface area contributed by atoms with Crippen molar-refractivity contribution in [3.05, 3.63) is 22.8 Å². The number of Topliss-reactive ketones (excluding diaryl/α,β-unsaturated/α-hetero) is 3. The Morgan fingerprint density at radius 3 is 2.32 bits per heavy atom. The first kappa shape index (κ1) is 30.6. The van der Waals surface area contributed by atoms with Crippen molar-refractivity contribution < 1.29 is 39.3 Å². The smallest absolute Gasteiger partial charge is 0.230 e. The van der Waals surface area contributed by atoms with Crippen molar-refractivity contribution in [3.63, 3.8) is 0 Å². The van der Waals surface area contributed by atoms with E-state index in [2.05, 4.69) is 0 Å². The third kappa shape index (κ3) is 4.71. The molecule has 1 aromatic carbocycles. The summed E-state index contributed by atoms with van der Waals surface area (Å²) in [5.41, 5.74) is 4.13. The van der Waals surface area contributed by atoms with Gasteiger partial charge in [-0.05, 0) is 50.4 Å². The molecule has 5 N–H and O–H groups in total. The molecule has 2 saturated carbocycles. The Morgan fingerprint density at radius 2 is 1.80 bits per heavy atom. The summed E-state index contributed by atoms with van der Waals surface area (Å²) in [4.78, 5) is 70.4. The van der Waals surface area contributed by atoms with E-state index in [9.17, 15) is 39.3 Å². The van der Waals surface area contributed by atoms with E-state index >= 15 is 0 Å². The highest BCUT2D eigenvalue weighted by Crippen LogP contribution is 2.52. The van der Waals surface area contributed by atoms with Gasteiger partial charge in [-0.3, -0.25) is 24.0 Å². The zero-order valence-corrected chi connectivity index (χ0v) is 24.3. The molecule has 224 valence electrons. The SMILES string of the molecule is CC(C)CN(C=O)Cc1cc(N(C)C)c2c(c1O)C(=O)C1C(=O)[C@@]3(O)C(=O)C(C(N)=O)C(O)C(N(C)C)[C@H]3C[C@H]1C2. The van der Waals surface area contributed by atoms with Crippen LogP contribution >= 0.6 is 0 Å². The van der Waals surface area contributed by atoms with Crippen LogP contribution in [-0.4, -0.2) is 107 Å². The number of ketones is 3. The molecule has 0 heterocycles. The largest absolute Gasteiger partial charge is 0.507 e. The van der Waals surface area contributed by atoms with Crippen LogP contribution in [0.2, 0.25) is 0 Å². The predicted octanol–water partition coefficient (Wildman–Crippen LogP) is -0.661. The highest BCUT2D eigenvalue weighted by Gasteiger charge is 2.69. The first-order valence-electron chi connectivity index (χ1n) is 13.8. The quantitative estimate of drug-likeness (QED) is 0.231. The Hall–Kier alpha value is -3.35. The molecule has 12 heteroatoms. The lowest BCUT2D eigenvalue weighted by Gasteiger charge is -2.55. The minimum atomic E-state index is -2.72. The number of primary amides is 1. The fourth-order valence-corrected chi connectivity index (χ4v) is 7.28. The summed E-state index contributed by atoms with van der Waals surface area (Å²) in [6.07, 6.45) is -0.644. The Kier molecular flexibility index (Phi) is 8.07. The molecule has 0 aromatic heterocycles. The van der Waals surface area contributed by atoms with Crippen LogP contribution in [0.15, 0.2) is 6.07 Å². The number of carbonyl (C=O) groups is 5. The fraction of sp³-hybridized carbons (Fsp3) is 0.621. The number of fused-ring (bicyclic) bond motifs is 3. The second-order valence-electron chi connectivity index (χ2n) is 12.5. The van der Waals surface area contributed by atoms with Crippen molar-refractivity contribution in [1.82, 2.24) is 9.80 Å². The Bertz CT molecular complexity index is 1290. The van der Waals surface area contributed by atoms with Crippen molar-refractivity contribution in [2.45, 2.75) is 51.0 Å². The summed E-state index contributed by atoms with van der Waals surface area (Å²) in [6.45, 7) is 4.34. The van der Waals surface area contributed by atoms with E-state index in [1.807, 2.05) is 13.8 Å². The van der Waals surface area contributed by atoms with Crippen molar-refractivity contribution in [2.24, 2.45) is 35.3 Å². The molecule has 3 aliphatic rings. The summed E-state index contributed by atoms with van der Waals surface area (Å²) in [5.74, 6) is -9.34. The molecule has 0 saturated heterocycles. The van der Waals surface area contributed by atoms with Gasteiger partial charge in [-0.25, -0.2) is 0 Å². The topological polar surface area (TPSA) is 182 Å². The first-order valence-corrected chi connectivity index (χ1v) is 13.8. The van der Waals surface area contributed by atoms with Crippen molar-refractivity contribution in [3.8, 4) is 5.75 Å². The third-order valence-corrected chi connectivity index (χ3v) is 8.95. The molecule has 0 spiro atoms. The minimum Gasteiger partial charge on any atom is -0.507 e. The summed E-state index contributed by atoms with van der Waals surface area (Å²) in [6, 6.07) is 0.768. The zero-order chi connectivity index (χ0) is 30.7. The number of phenols is 1. The molecule has 0 bridgehead atoms. The van der Waals surface area contributed by atoms with Gasteiger partial charge in [0.2, 0.25) is 12.3 Å². The monoisotopic (exact) mass is 572 g/mol. The lowest BCUT2D eigenvalue weighted by molar-refractivity contribution is -0.190. The number of hydrogen-bond donors (Lipinski definition) is 4. The van der Waals surface area contributed by atoms with Crippen molar-refractivity contribution >= 4 is 35.4 Å². The number of benzene rings is 1. The molecule has 4 unspecified atom stereocenters. The molecular formula is C29H40N4O8. The summed E-state index contributed by atoms with van der Waals surface area (Å²) >= 11 is 0. The predicted molar refractivity (Wildman–Crippen MR) is 148 cm³/mol. The second-order valence-corrected chi connectivity index (χ2v) is 12.5. The van der Waals surface area contributed by atoms with E-state index < -0.39 is 64.7 Å². The van der Waals surface area contributed by atoms with E-state index in [0.29, 0.717) is 29.8 Å². The maximum absolute atomic E-state index is 14.1. The molecule has 12 nitrogen and oxygen atoms in total. The van der Waals surface area contributed by atoms with Crippen LogP contribution in [-0.2, 0) is 32.1 Å². The number of phenolic OH excluding ortho intramolecular Hbond substituents is 1. The lowest BCUT2D eigenvalue weighted by Crippen LogP contribution is -2.75. The molecule has 2 fully saturated rings. The molecule has 1 aromatic rings. The Morgan fingerprint density at radius 1 is 1.17 bits per heavy atom. The zero-order valence-electron chi connectivity index (χ0n) is 24.3. The number of anilines is 1. The molecule has 41 heavy (non-hydrogen) atoms. The van der Waals surface area contributed by atoms with Crippen molar-refractivity contribution in [1.29, 1.82) is 0 Å². The molecule has 4 rings (SSSR count). The molecule has 0 aliphatic heterocycles. The molecule has 0 radical (unpaired) electrons. The Labute approximate surface area is 239 Å². The third-order valence-electron chi connectivity index (χ3n) is 8.95. The van der Waals surface area contributed by atoms with Gasteiger partial charge in [0, 0.05) is 50.4 Å². The maximum atomic E-state index is 14.1. The number of nitrogens with two attached hydrogens (primary N) is 1. The molecule has 3 aliphatic carbocycles. The van der Waals surface area contributed by atoms with Gasteiger partial charge in [0.1, 0.15) is 11.7 Å². The van der Waals surface area contributed by atoms with Crippen LogP contribution in [0.3, 0.4) is 0 Å². The highest BCUT2D eigenvalue weighted by molar-refractivity contribution is 6.25.